The summed E-state index contributed by atoms with van der Waals surface area (Å²) < 4.78 is 104. The smallest absolute Gasteiger partial charge is 0.354 e. The van der Waals surface area contributed by atoms with Crippen LogP contribution in [-0.2, 0) is 9.47 Å². The van der Waals surface area contributed by atoms with E-state index in [9.17, 15) is 8.78 Å². The van der Waals surface area contributed by atoms with Crippen LogP contribution in [0.2, 0.25) is 0 Å². The molecule has 2 aromatic heterocycles. The number of nitrogens with zero attached hydrogens (tertiary/aromatic N) is 4. The first kappa shape index (κ1) is 26.5. The van der Waals surface area contributed by atoms with Crippen LogP contribution in [0.3, 0.4) is 0 Å². The van der Waals surface area contributed by atoms with E-state index in [0.29, 0.717) is 0 Å². The van der Waals surface area contributed by atoms with Crippen molar-refractivity contribution >= 4 is 33.6 Å². The van der Waals surface area contributed by atoms with Gasteiger partial charge >= 0.3 is 17.8 Å². The number of thioether (sulfide) groups is 2. The number of allylic oxidation sites excluding steroid dienone is 2. The van der Waals surface area contributed by atoms with Crippen molar-refractivity contribution in [3.63, 3.8) is 0 Å². The van der Waals surface area contributed by atoms with Gasteiger partial charge in [-0.3, -0.25) is 9.97 Å². The zero-order valence-corrected chi connectivity index (χ0v) is 21.9. The Balaban J connectivity index is 1.73. The Bertz CT molecular complexity index is 1370. The molecule has 2 aliphatic heterocycles. The van der Waals surface area contributed by atoms with Gasteiger partial charge in [0.15, 0.2) is 0 Å². The van der Waals surface area contributed by atoms with E-state index in [0.717, 1.165) is 23.5 Å². The van der Waals surface area contributed by atoms with Gasteiger partial charge in [0.05, 0.1) is 33.9 Å². The van der Waals surface area contributed by atoms with Crippen LogP contribution in [-0.4, -0.2) is 60.9 Å². The van der Waals surface area contributed by atoms with Crippen molar-refractivity contribution in [3.8, 4) is 0 Å². The topological polar surface area (TPSA) is 69.0 Å². The Morgan fingerprint density at radius 3 is 1.41 bits per heavy atom. The fourth-order valence-corrected chi connectivity index (χ4v) is 7.94. The molecular weight excluding hydrogens is 566 g/mol. The van der Waals surface area contributed by atoms with Crippen molar-refractivity contribution in [3.05, 3.63) is 82.7 Å². The quantitative estimate of drug-likeness (QED) is 0.384. The summed E-state index contributed by atoms with van der Waals surface area (Å²) in [6.07, 6.45) is 2.86. The van der Waals surface area contributed by atoms with Gasteiger partial charge in [-0.15, -0.1) is 0 Å². The summed E-state index contributed by atoms with van der Waals surface area (Å²) in [5.41, 5.74) is -4.33. The van der Waals surface area contributed by atoms with Gasteiger partial charge in [0.25, 0.3) is 0 Å². The first-order chi connectivity index (χ1) is 18.5. The third-order valence-corrected chi connectivity index (χ3v) is 9.46. The van der Waals surface area contributed by atoms with Crippen molar-refractivity contribution < 1.29 is 35.8 Å². The predicted molar refractivity (Wildman–Crippen MR) is 134 cm³/mol. The highest BCUT2D eigenvalue weighted by Gasteiger charge is 2.86. The molecule has 39 heavy (non-hydrogen) atoms. The second-order valence-corrected chi connectivity index (χ2v) is 11.1. The van der Waals surface area contributed by atoms with Crippen LogP contribution in [0.15, 0.2) is 81.3 Å². The number of ether oxygens (including phenoxy) is 2. The molecular formula is C25H18F6N4O2S2. The molecule has 4 aliphatic rings. The number of halogens is 6. The third kappa shape index (κ3) is 3.22. The summed E-state index contributed by atoms with van der Waals surface area (Å²) in [4.78, 5) is 12.7. The standard InChI is InChI=1S/C25H18F6N4O2S2/c1-3-36-23-17(34-19(38-23)13-9-5-7-11-32-13)15-16(22(28,29)25(30,31)21(15,26)27)18-24(23,37-4-2)39-20(35-18)14-10-6-8-12-33-14/h5-12H,3-4H2,1-2H3/t23-,24-/m0/s1. The van der Waals surface area contributed by atoms with Crippen molar-refractivity contribution in [2.75, 3.05) is 13.2 Å². The van der Waals surface area contributed by atoms with Crippen LogP contribution < -0.4 is 0 Å². The SMILES string of the molecule is CCO[C@]12SC(c3ccccn3)=NC1=C1C(=C3N=C(c4ccccn4)S[C@@]32OCC)C(F)(F)C(F)(F)C1(F)F. The molecule has 2 atom stereocenters. The molecule has 0 amide bonds. The molecule has 2 aliphatic carbocycles. The van der Waals surface area contributed by atoms with Gasteiger partial charge in [0, 0.05) is 25.6 Å². The van der Waals surface area contributed by atoms with Crippen LogP contribution in [0, 0.1) is 0 Å². The second kappa shape index (κ2) is 8.66. The van der Waals surface area contributed by atoms with Crippen molar-refractivity contribution in [2.45, 2.75) is 41.5 Å². The first-order valence-electron chi connectivity index (χ1n) is 11.8. The van der Waals surface area contributed by atoms with Crippen molar-refractivity contribution in [2.24, 2.45) is 9.98 Å². The molecule has 2 aromatic rings. The van der Waals surface area contributed by atoms with Crippen LogP contribution in [0.5, 0.6) is 0 Å². The summed E-state index contributed by atoms with van der Waals surface area (Å²) in [6, 6.07) is 9.52. The fraction of sp³-hybridized carbons (Fsp3) is 0.360. The maximum Gasteiger partial charge on any atom is 0.380 e. The number of pyridine rings is 2. The van der Waals surface area contributed by atoms with Gasteiger partial charge in [0.2, 0.25) is 9.87 Å². The lowest BCUT2D eigenvalue weighted by molar-refractivity contribution is -0.258. The van der Waals surface area contributed by atoms with E-state index in [2.05, 4.69) is 20.0 Å². The molecule has 14 heteroatoms. The molecule has 0 aromatic carbocycles. The highest BCUT2D eigenvalue weighted by Crippen LogP contribution is 2.73. The Labute approximate surface area is 226 Å². The van der Waals surface area contributed by atoms with E-state index < -0.39 is 50.2 Å². The average molecular weight is 585 g/mol. The minimum Gasteiger partial charge on any atom is -0.354 e. The van der Waals surface area contributed by atoms with E-state index >= 15 is 17.6 Å². The molecule has 1 saturated carbocycles. The minimum atomic E-state index is -5.77. The second-order valence-electron chi connectivity index (χ2n) is 8.74. The number of hydrogen-bond donors (Lipinski definition) is 0. The van der Waals surface area contributed by atoms with E-state index in [4.69, 9.17) is 9.47 Å². The van der Waals surface area contributed by atoms with E-state index in [1.54, 1.807) is 38.1 Å². The highest BCUT2D eigenvalue weighted by molar-refractivity contribution is 8.19. The summed E-state index contributed by atoms with van der Waals surface area (Å²) in [5.74, 6) is -16.4. The summed E-state index contributed by atoms with van der Waals surface area (Å²) in [7, 11) is 0. The Morgan fingerprint density at radius 1 is 0.667 bits per heavy atom. The molecule has 204 valence electrons. The maximum absolute atomic E-state index is 15.5. The van der Waals surface area contributed by atoms with E-state index in [1.807, 2.05) is 0 Å². The summed E-state index contributed by atoms with van der Waals surface area (Å²) in [5, 5.41) is 0.0416. The molecule has 0 unspecified atom stereocenters. The normalized spacial score (nSPS) is 29.6. The van der Waals surface area contributed by atoms with Gasteiger partial charge in [0.1, 0.15) is 10.1 Å². The van der Waals surface area contributed by atoms with Crippen LogP contribution in [0.25, 0.3) is 0 Å². The number of aliphatic imine (C=N–C) groups is 2. The van der Waals surface area contributed by atoms with Crippen molar-refractivity contribution in [1.29, 1.82) is 0 Å². The molecule has 0 N–H and O–H groups in total. The lowest BCUT2D eigenvalue weighted by Gasteiger charge is -2.47. The lowest BCUT2D eigenvalue weighted by atomic mass is 9.87. The summed E-state index contributed by atoms with van der Waals surface area (Å²) >= 11 is 1.59. The Kier molecular flexibility index (Phi) is 5.89. The van der Waals surface area contributed by atoms with Gasteiger partial charge in [-0.05, 0) is 38.1 Å². The van der Waals surface area contributed by atoms with E-state index in [1.165, 1.54) is 24.5 Å². The van der Waals surface area contributed by atoms with Gasteiger partial charge in [-0.25, -0.2) is 9.98 Å². The molecule has 0 spiro atoms. The van der Waals surface area contributed by atoms with Crippen LogP contribution in [0.4, 0.5) is 26.3 Å². The Morgan fingerprint density at radius 2 is 1.08 bits per heavy atom. The largest absolute Gasteiger partial charge is 0.380 e. The number of hydrogen-bond acceptors (Lipinski definition) is 8. The maximum atomic E-state index is 15.5. The van der Waals surface area contributed by atoms with Crippen molar-refractivity contribution in [1.82, 2.24) is 9.97 Å². The van der Waals surface area contributed by atoms with Gasteiger partial charge in [-0.2, -0.15) is 26.3 Å². The van der Waals surface area contributed by atoms with Crippen LogP contribution in [0.1, 0.15) is 25.2 Å². The van der Waals surface area contributed by atoms with Crippen LogP contribution >= 0.6 is 23.5 Å². The monoisotopic (exact) mass is 584 g/mol. The third-order valence-electron chi connectivity index (χ3n) is 6.57. The summed E-state index contributed by atoms with van der Waals surface area (Å²) in [6.45, 7) is 2.88. The number of fused-ring (bicyclic) bond motifs is 4. The lowest BCUT2D eigenvalue weighted by Crippen LogP contribution is -2.56. The number of alkyl halides is 6. The highest BCUT2D eigenvalue weighted by atomic mass is 32.2. The molecule has 4 heterocycles. The molecule has 0 radical (unpaired) electrons. The molecule has 0 bridgehead atoms. The predicted octanol–water partition coefficient (Wildman–Crippen LogP) is 6.07. The molecule has 6 nitrogen and oxygen atoms in total. The zero-order chi connectivity index (χ0) is 27.8. The van der Waals surface area contributed by atoms with Gasteiger partial charge in [-0.1, -0.05) is 35.7 Å². The number of aromatic nitrogens is 2. The Hall–Kier alpha value is -2.68. The fourth-order valence-electron chi connectivity index (χ4n) is 5.00. The number of rotatable bonds is 6. The molecule has 1 fully saturated rings. The minimum absolute atomic E-state index is 0.0208. The average Bonchev–Trinajstić information content (AvgIpc) is 3.52. The molecule has 6 rings (SSSR count). The molecule has 0 saturated heterocycles. The van der Waals surface area contributed by atoms with E-state index in [-0.39, 0.29) is 34.7 Å². The zero-order valence-electron chi connectivity index (χ0n) is 20.2. The first-order valence-corrected chi connectivity index (χ1v) is 13.4. The van der Waals surface area contributed by atoms with Gasteiger partial charge < -0.3 is 9.47 Å².